The second-order valence-corrected chi connectivity index (χ2v) is 6.78. The molecule has 0 radical (unpaired) electrons. The summed E-state index contributed by atoms with van der Waals surface area (Å²) in [5.74, 6) is 3.01. The van der Waals surface area contributed by atoms with Gasteiger partial charge in [-0.2, -0.15) is 10.4 Å². The van der Waals surface area contributed by atoms with E-state index in [0.717, 1.165) is 49.2 Å². The summed E-state index contributed by atoms with van der Waals surface area (Å²) >= 11 is 0. The Morgan fingerprint density at radius 2 is 1.57 bits per heavy atom. The van der Waals surface area contributed by atoms with Crippen LogP contribution in [-0.2, 0) is 0 Å². The van der Waals surface area contributed by atoms with Crippen molar-refractivity contribution in [2.75, 3.05) is 36.0 Å². The Bertz CT molecular complexity index is 1040. The second-order valence-electron chi connectivity index (χ2n) is 6.78. The predicted octanol–water partition coefficient (Wildman–Crippen LogP) is 1.58. The number of anilines is 2. The molecule has 0 saturated carbocycles. The van der Waals surface area contributed by atoms with Crippen LogP contribution in [-0.4, -0.2) is 55.9 Å². The molecule has 9 nitrogen and oxygen atoms in total. The van der Waals surface area contributed by atoms with Crippen LogP contribution in [0.5, 0.6) is 0 Å². The van der Waals surface area contributed by atoms with E-state index in [0.29, 0.717) is 17.3 Å². The standard InChI is InChI=1S/C19H21N9/c1-13-10-14(2)28(25-13)18-11-17(23-15(3)24-18)26-6-8-27(9-7-26)19-16(12-20)21-4-5-22-19/h4-5,10-11H,6-9H2,1-3H3. The molecule has 4 rings (SSSR count). The fraction of sp³-hybridized carbons (Fsp3) is 0.368. The van der Waals surface area contributed by atoms with Crippen molar-refractivity contribution in [1.82, 2.24) is 29.7 Å². The van der Waals surface area contributed by atoms with Gasteiger partial charge in [0.2, 0.25) is 0 Å². The zero-order chi connectivity index (χ0) is 19.7. The van der Waals surface area contributed by atoms with Crippen molar-refractivity contribution in [1.29, 1.82) is 5.26 Å². The quantitative estimate of drug-likeness (QED) is 0.680. The number of hydrogen-bond acceptors (Lipinski definition) is 8. The largest absolute Gasteiger partial charge is 0.353 e. The molecule has 1 aliphatic heterocycles. The molecular weight excluding hydrogens is 354 g/mol. The van der Waals surface area contributed by atoms with Crippen LogP contribution in [0.4, 0.5) is 11.6 Å². The number of aryl methyl sites for hydroxylation is 3. The molecule has 0 bridgehead atoms. The molecule has 3 aromatic heterocycles. The first-order valence-electron chi connectivity index (χ1n) is 9.15. The van der Waals surface area contributed by atoms with Gasteiger partial charge in [0.15, 0.2) is 17.3 Å². The van der Waals surface area contributed by atoms with Gasteiger partial charge in [0.1, 0.15) is 17.7 Å². The molecule has 0 amide bonds. The van der Waals surface area contributed by atoms with Crippen molar-refractivity contribution in [2.45, 2.75) is 20.8 Å². The maximum absolute atomic E-state index is 9.26. The third-order valence-corrected chi connectivity index (χ3v) is 4.73. The Morgan fingerprint density at radius 1 is 0.893 bits per heavy atom. The highest BCUT2D eigenvalue weighted by atomic mass is 15.3. The minimum atomic E-state index is 0.362. The van der Waals surface area contributed by atoms with Crippen LogP contribution >= 0.6 is 0 Å². The van der Waals surface area contributed by atoms with Crippen molar-refractivity contribution in [3.8, 4) is 11.9 Å². The first-order chi connectivity index (χ1) is 13.5. The van der Waals surface area contributed by atoms with E-state index in [1.165, 1.54) is 0 Å². The Hall–Kier alpha value is -3.54. The van der Waals surface area contributed by atoms with E-state index in [2.05, 4.69) is 40.9 Å². The Morgan fingerprint density at radius 3 is 2.25 bits per heavy atom. The highest BCUT2D eigenvalue weighted by Gasteiger charge is 2.22. The van der Waals surface area contributed by atoms with E-state index < -0.39 is 0 Å². The fourth-order valence-electron chi connectivity index (χ4n) is 3.46. The topological polar surface area (TPSA) is 99.7 Å². The van der Waals surface area contributed by atoms with Crippen molar-refractivity contribution in [3.05, 3.63) is 47.4 Å². The summed E-state index contributed by atoms with van der Waals surface area (Å²) in [6, 6.07) is 6.13. The van der Waals surface area contributed by atoms with E-state index in [4.69, 9.17) is 0 Å². The summed E-state index contributed by atoms with van der Waals surface area (Å²) in [5, 5.41) is 13.8. The molecule has 0 aromatic carbocycles. The Labute approximate surface area is 163 Å². The lowest BCUT2D eigenvalue weighted by Crippen LogP contribution is -2.47. The zero-order valence-electron chi connectivity index (χ0n) is 16.2. The molecule has 0 N–H and O–H groups in total. The SMILES string of the molecule is Cc1cc(C)n(-c2cc(N3CCN(c4nccnc4C#N)CC3)nc(C)n2)n1. The number of piperazine rings is 1. The average molecular weight is 375 g/mol. The molecule has 1 aliphatic rings. The van der Waals surface area contributed by atoms with Gasteiger partial charge >= 0.3 is 0 Å². The van der Waals surface area contributed by atoms with E-state index >= 15 is 0 Å². The number of rotatable bonds is 3. The minimum absolute atomic E-state index is 0.362. The third kappa shape index (κ3) is 3.36. The molecule has 28 heavy (non-hydrogen) atoms. The van der Waals surface area contributed by atoms with Gasteiger partial charge in [-0.1, -0.05) is 0 Å². The maximum atomic E-state index is 9.26. The van der Waals surface area contributed by atoms with E-state index in [1.807, 2.05) is 37.6 Å². The molecule has 0 unspecified atom stereocenters. The highest BCUT2D eigenvalue weighted by Crippen LogP contribution is 2.21. The normalized spacial score (nSPS) is 14.2. The van der Waals surface area contributed by atoms with Crippen molar-refractivity contribution in [3.63, 3.8) is 0 Å². The fourth-order valence-corrected chi connectivity index (χ4v) is 3.46. The monoisotopic (exact) mass is 375 g/mol. The van der Waals surface area contributed by atoms with Crippen LogP contribution in [0, 0.1) is 32.1 Å². The molecular formula is C19H21N9. The molecule has 4 heterocycles. The predicted molar refractivity (Wildman–Crippen MR) is 105 cm³/mol. The van der Waals surface area contributed by atoms with Gasteiger partial charge in [0, 0.05) is 50.3 Å². The smallest absolute Gasteiger partial charge is 0.183 e. The van der Waals surface area contributed by atoms with Crippen molar-refractivity contribution < 1.29 is 0 Å². The summed E-state index contributed by atoms with van der Waals surface area (Å²) in [7, 11) is 0. The van der Waals surface area contributed by atoms with E-state index in [-0.39, 0.29) is 0 Å². The molecule has 9 heteroatoms. The lowest BCUT2D eigenvalue weighted by molar-refractivity contribution is 0.637. The first kappa shape index (κ1) is 17.9. The van der Waals surface area contributed by atoms with Crippen LogP contribution in [0.2, 0.25) is 0 Å². The number of aromatic nitrogens is 6. The van der Waals surface area contributed by atoms with Gasteiger partial charge in [-0.05, 0) is 26.8 Å². The van der Waals surface area contributed by atoms with E-state index in [1.54, 1.807) is 12.4 Å². The second kappa shape index (κ2) is 7.23. The average Bonchev–Trinajstić information content (AvgIpc) is 3.05. The van der Waals surface area contributed by atoms with Gasteiger partial charge < -0.3 is 9.80 Å². The maximum Gasteiger partial charge on any atom is 0.183 e. The van der Waals surface area contributed by atoms with Crippen molar-refractivity contribution in [2.24, 2.45) is 0 Å². The van der Waals surface area contributed by atoms with Crippen LogP contribution in [0.25, 0.3) is 5.82 Å². The minimum Gasteiger partial charge on any atom is -0.353 e. The Balaban J connectivity index is 1.55. The van der Waals surface area contributed by atoms with Crippen LogP contribution < -0.4 is 9.80 Å². The number of nitriles is 1. The van der Waals surface area contributed by atoms with Gasteiger partial charge in [-0.15, -0.1) is 0 Å². The summed E-state index contributed by atoms with van der Waals surface area (Å²) in [6.07, 6.45) is 3.17. The summed E-state index contributed by atoms with van der Waals surface area (Å²) in [4.78, 5) is 21.9. The summed E-state index contributed by atoms with van der Waals surface area (Å²) in [6.45, 7) is 8.91. The van der Waals surface area contributed by atoms with Crippen molar-refractivity contribution >= 4 is 11.6 Å². The Kier molecular flexibility index (Phi) is 4.61. The molecule has 3 aromatic rings. The molecule has 0 spiro atoms. The number of nitrogens with zero attached hydrogens (tertiary/aromatic N) is 9. The van der Waals surface area contributed by atoms with E-state index in [9.17, 15) is 5.26 Å². The van der Waals surface area contributed by atoms with Crippen LogP contribution in [0.3, 0.4) is 0 Å². The highest BCUT2D eigenvalue weighted by molar-refractivity contribution is 5.52. The number of hydrogen-bond donors (Lipinski definition) is 0. The van der Waals surface area contributed by atoms with Gasteiger partial charge in [-0.25, -0.2) is 24.6 Å². The van der Waals surface area contributed by atoms with Crippen LogP contribution in [0.1, 0.15) is 22.9 Å². The lowest BCUT2D eigenvalue weighted by atomic mass is 10.3. The summed E-state index contributed by atoms with van der Waals surface area (Å²) in [5.41, 5.74) is 2.36. The lowest BCUT2D eigenvalue weighted by Gasteiger charge is -2.36. The van der Waals surface area contributed by atoms with Crippen LogP contribution in [0.15, 0.2) is 24.5 Å². The van der Waals surface area contributed by atoms with Gasteiger partial charge in [-0.3, -0.25) is 0 Å². The molecule has 1 saturated heterocycles. The first-order valence-corrected chi connectivity index (χ1v) is 9.15. The molecule has 0 atom stereocenters. The third-order valence-electron chi connectivity index (χ3n) is 4.73. The molecule has 1 fully saturated rings. The molecule has 142 valence electrons. The summed E-state index contributed by atoms with van der Waals surface area (Å²) < 4.78 is 1.85. The van der Waals surface area contributed by atoms with Gasteiger partial charge in [0.25, 0.3) is 0 Å². The molecule has 0 aliphatic carbocycles. The zero-order valence-corrected chi connectivity index (χ0v) is 16.2. The van der Waals surface area contributed by atoms with Gasteiger partial charge in [0.05, 0.1) is 5.69 Å².